The number of amides is 2. The molecule has 0 unspecified atom stereocenters. The van der Waals surface area contributed by atoms with Crippen LogP contribution < -0.4 is 15.4 Å². The Morgan fingerprint density at radius 3 is 2.35 bits per heavy atom. The van der Waals surface area contributed by atoms with Gasteiger partial charge in [-0.25, -0.2) is 4.39 Å². The van der Waals surface area contributed by atoms with E-state index in [9.17, 15) is 14.0 Å². The summed E-state index contributed by atoms with van der Waals surface area (Å²) in [5.41, 5.74) is 0.678. The van der Waals surface area contributed by atoms with Crippen LogP contribution in [0, 0.1) is 11.7 Å². The predicted molar refractivity (Wildman–Crippen MR) is 99.1 cm³/mol. The Bertz CT molecular complexity index is 794. The summed E-state index contributed by atoms with van der Waals surface area (Å²) < 4.78 is 18.2. The number of halogens is 2. The van der Waals surface area contributed by atoms with Crippen LogP contribution in [0.25, 0.3) is 0 Å². The minimum atomic E-state index is -0.795. The summed E-state index contributed by atoms with van der Waals surface area (Å²) >= 11 is 5.97. The molecule has 2 rings (SSSR count). The van der Waals surface area contributed by atoms with Crippen LogP contribution in [0.2, 0.25) is 5.02 Å². The summed E-state index contributed by atoms with van der Waals surface area (Å²) in [6.07, 6.45) is 0. The molecule has 0 aliphatic carbocycles. The second kappa shape index (κ2) is 8.67. The molecule has 0 aromatic heterocycles. The van der Waals surface area contributed by atoms with E-state index in [-0.39, 0.29) is 11.5 Å². The molecule has 1 atom stereocenters. The standard InChI is InChI=1S/C19H20ClFN2O3/c1-11(2)17(23-18(24)12-4-7-14(21)8-5-12)19(25)22-15-10-13(20)6-9-16(15)26-3/h4-11,17H,1-3H3,(H,22,25)(H,23,24)/t17-/m0/s1. The molecular formula is C19H20ClFN2O3. The van der Waals surface area contributed by atoms with E-state index in [2.05, 4.69) is 10.6 Å². The van der Waals surface area contributed by atoms with Gasteiger partial charge in [-0.15, -0.1) is 0 Å². The van der Waals surface area contributed by atoms with E-state index in [1.165, 1.54) is 31.4 Å². The lowest BCUT2D eigenvalue weighted by atomic mass is 10.0. The Morgan fingerprint density at radius 1 is 1.12 bits per heavy atom. The summed E-state index contributed by atoms with van der Waals surface area (Å²) in [7, 11) is 1.48. The van der Waals surface area contributed by atoms with Gasteiger partial charge >= 0.3 is 0 Å². The number of nitrogens with one attached hydrogen (secondary N) is 2. The average molecular weight is 379 g/mol. The molecule has 2 aromatic carbocycles. The number of carbonyl (C=O) groups is 2. The van der Waals surface area contributed by atoms with Crippen molar-refractivity contribution in [2.24, 2.45) is 5.92 Å². The van der Waals surface area contributed by atoms with E-state index in [1.807, 2.05) is 13.8 Å². The number of methoxy groups -OCH3 is 1. The van der Waals surface area contributed by atoms with E-state index < -0.39 is 23.7 Å². The van der Waals surface area contributed by atoms with Gasteiger partial charge < -0.3 is 15.4 Å². The lowest BCUT2D eigenvalue weighted by Crippen LogP contribution is -2.47. The molecule has 0 saturated carbocycles. The van der Waals surface area contributed by atoms with Gasteiger partial charge in [-0.1, -0.05) is 25.4 Å². The number of benzene rings is 2. The van der Waals surface area contributed by atoms with Crippen molar-refractivity contribution in [3.63, 3.8) is 0 Å². The van der Waals surface area contributed by atoms with Crippen molar-refractivity contribution in [2.45, 2.75) is 19.9 Å². The Kier molecular flexibility index (Phi) is 6.58. The Morgan fingerprint density at radius 2 is 1.77 bits per heavy atom. The van der Waals surface area contributed by atoms with Crippen molar-refractivity contribution in [1.29, 1.82) is 0 Å². The first-order valence-electron chi connectivity index (χ1n) is 8.02. The molecule has 5 nitrogen and oxygen atoms in total. The Labute approximate surface area is 156 Å². The van der Waals surface area contributed by atoms with E-state index in [1.54, 1.807) is 18.2 Å². The number of hydrogen-bond donors (Lipinski definition) is 2. The fraction of sp³-hybridized carbons (Fsp3) is 0.263. The van der Waals surface area contributed by atoms with Crippen LogP contribution in [-0.2, 0) is 4.79 Å². The highest BCUT2D eigenvalue weighted by Crippen LogP contribution is 2.28. The fourth-order valence-corrected chi connectivity index (χ4v) is 2.52. The average Bonchev–Trinajstić information content (AvgIpc) is 2.59. The fourth-order valence-electron chi connectivity index (χ4n) is 2.35. The Hall–Kier alpha value is -2.60. The quantitative estimate of drug-likeness (QED) is 0.801. The van der Waals surface area contributed by atoms with Gasteiger partial charge in [0.15, 0.2) is 0 Å². The lowest BCUT2D eigenvalue weighted by molar-refractivity contribution is -0.118. The topological polar surface area (TPSA) is 67.4 Å². The van der Waals surface area contributed by atoms with Crippen LogP contribution in [0.4, 0.5) is 10.1 Å². The highest BCUT2D eigenvalue weighted by Gasteiger charge is 2.25. The van der Waals surface area contributed by atoms with Crippen LogP contribution in [0.3, 0.4) is 0 Å². The van der Waals surface area contributed by atoms with E-state index in [4.69, 9.17) is 16.3 Å². The summed E-state index contributed by atoms with van der Waals surface area (Å²) in [5, 5.41) is 5.85. The smallest absolute Gasteiger partial charge is 0.251 e. The number of rotatable bonds is 6. The van der Waals surface area contributed by atoms with Crippen molar-refractivity contribution in [1.82, 2.24) is 5.32 Å². The molecular weight excluding hydrogens is 359 g/mol. The first-order valence-corrected chi connectivity index (χ1v) is 8.40. The summed E-state index contributed by atoms with van der Waals surface area (Å²) in [5.74, 6) is -1.03. The van der Waals surface area contributed by atoms with Crippen LogP contribution in [-0.4, -0.2) is 25.0 Å². The molecule has 0 spiro atoms. The maximum Gasteiger partial charge on any atom is 0.251 e. The minimum Gasteiger partial charge on any atom is -0.495 e. The van der Waals surface area contributed by atoms with E-state index in [0.29, 0.717) is 16.5 Å². The molecule has 7 heteroatoms. The lowest BCUT2D eigenvalue weighted by Gasteiger charge is -2.22. The maximum absolute atomic E-state index is 13.0. The van der Waals surface area contributed by atoms with Crippen LogP contribution in [0.1, 0.15) is 24.2 Å². The largest absolute Gasteiger partial charge is 0.495 e. The van der Waals surface area contributed by atoms with Gasteiger partial charge in [0.05, 0.1) is 12.8 Å². The highest BCUT2D eigenvalue weighted by molar-refractivity contribution is 6.31. The maximum atomic E-state index is 13.0. The molecule has 2 amide bonds. The number of hydrogen-bond acceptors (Lipinski definition) is 3. The van der Waals surface area contributed by atoms with Gasteiger partial charge in [0.25, 0.3) is 5.91 Å². The van der Waals surface area contributed by atoms with Gasteiger partial charge in [0.1, 0.15) is 17.6 Å². The Balaban J connectivity index is 2.16. The van der Waals surface area contributed by atoms with Gasteiger partial charge in [-0.05, 0) is 48.4 Å². The molecule has 0 radical (unpaired) electrons. The second-order valence-corrected chi connectivity index (χ2v) is 6.47. The minimum absolute atomic E-state index is 0.176. The number of carbonyl (C=O) groups excluding carboxylic acids is 2. The zero-order chi connectivity index (χ0) is 19.3. The zero-order valence-corrected chi connectivity index (χ0v) is 15.4. The van der Waals surface area contributed by atoms with Crippen LogP contribution >= 0.6 is 11.6 Å². The molecule has 26 heavy (non-hydrogen) atoms. The van der Waals surface area contributed by atoms with E-state index >= 15 is 0 Å². The monoisotopic (exact) mass is 378 g/mol. The molecule has 138 valence electrons. The summed E-state index contributed by atoms with van der Waals surface area (Å²) in [6, 6.07) is 9.16. The second-order valence-electron chi connectivity index (χ2n) is 6.04. The third kappa shape index (κ3) is 4.95. The van der Waals surface area contributed by atoms with Crippen molar-refractivity contribution < 1.29 is 18.7 Å². The molecule has 2 aromatic rings. The van der Waals surface area contributed by atoms with Crippen LogP contribution in [0.15, 0.2) is 42.5 Å². The molecule has 0 saturated heterocycles. The molecule has 0 aliphatic rings. The van der Waals surface area contributed by atoms with Gasteiger partial charge in [-0.3, -0.25) is 9.59 Å². The van der Waals surface area contributed by atoms with Gasteiger partial charge in [-0.2, -0.15) is 0 Å². The van der Waals surface area contributed by atoms with Crippen LogP contribution in [0.5, 0.6) is 5.75 Å². The highest BCUT2D eigenvalue weighted by atomic mass is 35.5. The van der Waals surface area contributed by atoms with Crippen molar-refractivity contribution in [3.05, 3.63) is 58.9 Å². The SMILES string of the molecule is COc1ccc(Cl)cc1NC(=O)[C@@H](NC(=O)c1ccc(F)cc1)C(C)C. The third-order valence-corrected chi connectivity index (χ3v) is 4.00. The van der Waals surface area contributed by atoms with Gasteiger partial charge in [0.2, 0.25) is 5.91 Å². The van der Waals surface area contributed by atoms with Crippen molar-refractivity contribution in [2.75, 3.05) is 12.4 Å². The van der Waals surface area contributed by atoms with Crippen molar-refractivity contribution in [3.8, 4) is 5.75 Å². The van der Waals surface area contributed by atoms with Crippen molar-refractivity contribution >= 4 is 29.1 Å². The molecule has 0 heterocycles. The summed E-state index contributed by atoms with van der Waals surface area (Å²) in [4.78, 5) is 25.0. The molecule has 0 bridgehead atoms. The molecule has 0 aliphatic heterocycles. The zero-order valence-electron chi connectivity index (χ0n) is 14.7. The van der Waals surface area contributed by atoms with E-state index in [0.717, 1.165) is 0 Å². The van der Waals surface area contributed by atoms with Gasteiger partial charge in [0, 0.05) is 10.6 Å². The third-order valence-electron chi connectivity index (χ3n) is 3.76. The summed E-state index contributed by atoms with van der Waals surface area (Å²) in [6.45, 7) is 3.62. The number of anilines is 1. The number of ether oxygens (including phenoxy) is 1. The first kappa shape index (κ1) is 19.7. The first-order chi connectivity index (χ1) is 12.3. The predicted octanol–water partition coefficient (Wildman–Crippen LogP) is 3.88. The molecule has 2 N–H and O–H groups in total. The molecule has 0 fully saturated rings. The normalized spacial score (nSPS) is 11.8.